The zero-order chi connectivity index (χ0) is 13.9. The van der Waals surface area contributed by atoms with Gasteiger partial charge in [0.05, 0.1) is 6.42 Å². The van der Waals surface area contributed by atoms with E-state index in [1.807, 2.05) is 28.8 Å². The summed E-state index contributed by atoms with van der Waals surface area (Å²) in [6, 6.07) is 12.8. The van der Waals surface area contributed by atoms with Crippen molar-refractivity contribution in [2.24, 2.45) is 0 Å². The molecule has 0 bridgehead atoms. The third-order valence-electron chi connectivity index (χ3n) is 2.98. The number of carbonyl (C=O) groups is 1. The molecule has 0 fully saturated rings. The topological polar surface area (TPSA) is 46.4 Å². The SMILES string of the molecule is O=C(Cc1cccc2nccn12)Nc1ccc(Cl)cc1. The molecule has 5 heteroatoms. The number of rotatable bonds is 3. The van der Waals surface area contributed by atoms with Gasteiger partial charge in [-0.05, 0) is 36.4 Å². The largest absolute Gasteiger partial charge is 0.326 e. The first kappa shape index (κ1) is 12.7. The van der Waals surface area contributed by atoms with E-state index in [0.717, 1.165) is 17.0 Å². The van der Waals surface area contributed by atoms with Crippen LogP contribution in [0.25, 0.3) is 5.65 Å². The van der Waals surface area contributed by atoms with E-state index in [1.54, 1.807) is 30.5 Å². The molecule has 3 aromatic rings. The van der Waals surface area contributed by atoms with E-state index in [4.69, 9.17) is 11.6 Å². The summed E-state index contributed by atoms with van der Waals surface area (Å²) in [6.07, 6.45) is 3.85. The number of aromatic nitrogens is 2. The molecule has 2 heterocycles. The van der Waals surface area contributed by atoms with E-state index in [9.17, 15) is 4.79 Å². The van der Waals surface area contributed by atoms with Crippen LogP contribution in [0.3, 0.4) is 0 Å². The highest BCUT2D eigenvalue weighted by Gasteiger charge is 2.07. The van der Waals surface area contributed by atoms with E-state index in [-0.39, 0.29) is 12.3 Å². The quantitative estimate of drug-likeness (QED) is 0.803. The third-order valence-corrected chi connectivity index (χ3v) is 3.23. The van der Waals surface area contributed by atoms with Gasteiger partial charge in [-0.2, -0.15) is 0 Å². The van der Waals surface area contributed by atoms with E-state index in [0.29, 0.717) is 5.02 Å². The molecule has 4 nitrogen and oxygen atoms in total. The summed E-state index contributed by atoms with van der Waals surface area (Å²) in [5, 5.41) is 3.49. The zero-order valence-electron chi connectivity index (χ0n) is 10.6. The highest BCUT2D eigenvalue weighted by molar-refractivity contribution is 6.30. The Morgan fingerprint density at radius 2 is 2.00 bits per heavy atom. The predicted octanol–water partition coefficient (Wildman–Crippen LogP) is 3.17. The lowest BCUT2D eigenvalue weighted by atomic mass is 10.2. The van der Waals surface area contributed by atoms with Gasteiger partial charge in [0, 0.05) is 28.8 Å². The smallest absolute Gasteiger partial charge is 0.230 e. The van der Waals surface area contributed by atoms with Crippen molar-refractivity contribution in [3.63, 3.8) is 0 Å². The van der Waals surface area contributed by atoms with Gasteiger partial charge in [0.2, 0.25) is 5.91 Å². The van der Waals surface area contributed by atoms with Gasteiger partial charge in [0.15, 0.2) is 0 Å². The maximum absolute atomic E-state index is 12.1. The number of amides is 1. The van der Waals surface area contributed by atoms with Crippen LogP contribution >= 0.6 is 11.6 Å². The van der Waals surface area contributed by atoms with Crippen LogP contribution in [-0.4, -0.2) is 15.3 Å². The van der Waals surface area contributed by atoms with Crippen molar-refractivity contribution < 1.29 is 4.79 Å². The molecule has 0 atom stereocenters. The minimum absolute atomic E-state index is 0.0754. The minimum atomic E-state index is -0.0754. The van der Waals surface area contributed by atoms with Crippen LogP contribution in [-0.2, 0) is 11.2 Å². The van der Waals surface area contributed by atoms with Crippen LogP contribution in [0, 0.1) is 0 Å². The lowest BCUT2D eigenvalue weighted by molar-refractivity contribution is -0.115. The number of halogens is 1. The fourth-order valence-corrected chi connectivity index (χ4v) is 2.18. The normalized spacial score (nSPS) is 10.7. The third kappa shape index (κ3) is 2.65. The summed E-state index contributed by atoms with van der Waals surface area (Å²) in [6.45, 7) is 0. The monoisotopic (exact) mass is 285 g/mol. The lowest BCUT2D eigenvalue weighted by Gasteiger charge is -2.07. The minimum Gasteiger partial charge on any atom is -0.326 e. The first-order valence-electron chi connectivity index (χ1n) is 6.19. The molecule has 1 amide bonds. The van der Waals surface area contributed by atoms with Crippen molar-refractivity contribution in [2.75, 3.05) is 5.32 Å². The average molecular weight is 286 g/mol. The Labute approximate surface area is 121 Å². The molecule has 100 valence electrons. The molecule has 0 aliphatic rings. The van der Waals surface area contributed by atoms with Gasteiger partial charge in [-0.25, -0.2) is 4.98 Å². The molecule has 1 aromatic carbocycles. The second-order valence-corrected chi connectivity index (χ2v) is 4.84. The Balaban J connectivity index is 1.76. The molecule has 0 radical (unpaired) electrons. The second kappa shape index (κ2) is 5.35. The van der Waals surface area contributed by atoms with Crippen molar-refractivity contribution in [1.29, 1.82) is 0 Å². The average Bonchev–Trinajstić information content (AvgIpc) is 2.91. The van der Waals surface area contributed by atoms with Crippen molar-refractivity contribution in [3.8, 4) is 0 Å². The van der Waals surface area contributed by atoms with E-state index < -0.39 is 0 Å². The molecule has 2 aromatic heterocycles. The molecule has 1 N–H and O–H groups in total. The van der Waals surface area contributed by atoms with Crippen molar-refractivity contribution in [2.45, 2.75) is 6.42 Å². The fraction of sp³-hybridized carbons (Fsp3) is 0.0667. The highest BCUT2D eigenvalue weighted by Crippen LogP contribution is 2.14. The standard InChI is InChI=1S/C15H12ClN3O/c16-11-4-6-12(7-5-11)18-15(20)10-13-2-1-3-14-17-8-9-19(13)14/h1-9H,10H2,(H,18,20). The van der Waals surface area contributed by atoms with Crippen molar-refractivity contribution in [1.82, 2.24) is 9.38 Å². The maximum Gasteiger partial charge on any atom is 0.230 e. The number of nitrogens with zero attached hydrogens (tertiary/aromatic N) is 2. The number of fused-ring (bicyclic) bond motifs is 1. The van der Waals surface area contributed by atoms with Gasteiger partial charge in [0.1, 0.15) is 5.65 Å². The maximum atomic E-state index is 12.1. The molecule has 0 saturated carbocycles. The van der Waals surface area contributed by atoms with Crippen molar-refractivity contribution in [3.05, 3.63) is 65.6 Å². The number of hydrogen-bond donors (Lipinski definition) is 1. The van der Waals surface area contributed by atoms with Crippen LogP contribution < -0.4 is 5.32 Å². The van der Waals surface area contributed by atoms with Gasteiger partial charge < -0.3 is 9.72 Å². The summed E-state index contributed by atoms with van der Waals surface area (Å²) in [7, 11) is 0. The molecule has 0 aliphatic carbocycles. The van der Waals surface area contributed by atoms with Gasteiger partial charge in [-0.3, -0.25) is 4.79 Å². The van der Waals surface area contributed by atoms with Gasteiger partial charge in [0.25, 0.3) is 0 Å². The molecule has 0 aliphatic heterocycles. The van der Waals surface area contributed by atoms with E-state index in [1.165, 1.54) is 0 Å². The van der Waals surface area contributed by atoms with Crippen LogP contribution in [0.2, 0.25) is 5.02 Å². The Morgan fingerprint density at radius 1 is 1.20 bits per heavy atom. The summed E-state index contributed by atoms with van der Waals surface area (Å²) in [5.41, 5.74) is 2.46. The summed E-state index contributed by atoms with van der Waals surface area (Å²) >= 11 is 5.81. The first-order valence-corrected chi connectivity index (χ1v) is 6.56. The number of nitrogens with one attached hydrogen (secondary N) is 1. The van der Waals surface area contributed by atoms with Gasteiger partial charge in [-0.1, -0.05) is 17.7 Å². The molecular weight excluding hydrogens is 274 g/mol. The zero-order valence-corrected chi connectivity index (χ0v) is 11.3. The Morgan fingerprint density at radius 3 is 2.80 bits per heavy atom. The van der Waals surface area contributed by atoms with E-state index in [2.05, 4.69) is 10.3 Å². The summed E-state index contributed by atoms with van der Waals surface area (Å²) in [5.74, 6) is -0.0754. The Bertz CT molecular complexity index is 749. The van der Waals surface area contributed by atoms with Crippen LogP contribution in [0.5, 0.6) is 0 Å². The first-order chi connectivity index (χ1) is 9.72. The van der Waals surface area contributed by atoms with Gasteiger partial charge >= 0.3 is 0 Å². The molecule has 0 spiro atoms. The number of benzene rings is 1. The summed E-state index contributed by atoms with van der Waals surface area (Å²) < 4.78 is 1.90. The van der Waals surface area contributed by atoms with Crippen LogP contribution in [0.1, 0.15) is 5.69 Å². The number of imidazole rings is 1. The van der Waals surface area contributed by atoms with E-state index >= 15 is 0 Å². The number of anilines is 1. The van der Waals surface area contributed by atoms with Crippen LogP contribution in [0.4, 0.5) is 5.69 Å². The van der Waals surface area contributed by atoms with Gasteiger partial charge in [-0.15, -0.1) is 0 Å². The van der Waals surface area contributed by atoms with Crippen molar-refractivity contribution >= 4 is 28.8 Å². The molecule has 0 unspecified atom stereocenters. The highest BCUT2D eigenvalue weighted by atomic mass is 35.5. The lowest BCUT2D eigenvalue weighted by Crippen LogP contribution is -2.16. The van der Waals surface area contributed by atoms with Crippen LogP contribution in [0.15, 0.2) is 54.9 Å². The number of pyridine rings is 1. The summed E-state index contributed by atoms with van der Waals surface area (Å²) in [4.78, 5) is 16.3. The second-order valence-electron chi connectivity index (χ2n) is 4.40. The number of hydrogen-bond acceptors (Lipinski definition) is 2. The molecular formula is C15H12ClN3O. The number of carbonyl (C=O) groups excluding carboxylic acids is 1. The molecule has 20 heavy (non-hydrogen) atoms. The molecule has 0 saturated heterocycles. The Hall–Kier alpha value is -2.33. The molecule has 3 rings (SSSR count). The Kier molecular flexibility index (Phi) is 3.39. The fourth-order valence-electron chi connectivity index (χ4n) is 2.05. The predicted molar refractivity (Wildman–Crippen MR) is 79.0 cm³/mol.